The summed E-state index contributed by atoms with van der Waals surface area (Å²) in [7, 11) is 1.63. The van der Waals surface area contributed by atoms with E-state index >= 15 is 0 Å². The number of anilines is 1. The number of ether oxygens (including phenoxy) is 1. The van der Waals surface area contributed by atoms with Crippen molar-refractivity contribution in [3.63, 3.8) is 0 Å². The van der Waals surface area contributed by atoms with Gasteiger partial charge >= 0.3 is 0 Å². The number of hydrogen-bond acceptors (Lipinski definition) is 5. The van der Waals surface area contributed by atoms with Crippen LogP contribution in [0.5, 0.6) is 5.75 Å². The summed E-state index contributed by atoms with van der Waals surface area (Å²) in [5.74, 6) is 0.395. The third-order valence-corrected chi connectivity index (χ3v) is 6.16. The summed E-state index contributed by atoms with van der Waals surface area (Å²) in [6.07, 6.45) is 6.62. The average Bonchev–Trinajstić information content (AvgIpc) is 2.92. The van der Waals surface area contributed by atoms with Crippen LogP contribution >= 0.6 is 11.8 Å². The van der Waals surface area contributed by atoms with Crippen LogP contribution in [0.1, 0.15) is 45.2 Å². The summed E-state index contributed by atoms with van der Waals surface area (Å²) in [4.78, 5) is 28.7. The molecule has 5 nitrogen and oxygen atoms in total. The summed E-state index contributed by atoms with van der Waals surface area (Å²) in [5.41, 5.74) is 4.14. The Morgan fingerprint density at radius 3 is 2.62 bits per heavy atom. The van der Waals surface area contributed by atoms with E-state index in [2.05, 4.69) is 51.3 Å². The first-order chi connectivity index (χ1) is 13.7. The monoisotopic (exact) mass is 412 g/mol. The van der Waals surface area contributed by atoms with Crippen LogP contribution in [0, 0.1) is 0 Å². The van der Waals surface area contributed by atoms with E-state index in [1.807, 2.05) is 6.07 Å². The van der Waals surface area contributed by atoms with Crippen molar-refractivity contribution in [2.24, 2.45) is 0 Å². The molecule has 2 aliphatic heterocycles. The number of thioether (sulfide) groups is 1. The Morgan fingerprint density at radius 1 is 1.28 bits per heavy atom. The fourth-order valence-corrected chi connectivity index (χ4v) is 4.81. The summed E-state index contributed by atoms with van der Waals surface area (Å²) in [5, 5.41) is -0.273. The highest BCUT2D eigenvalue weighted by atomic mass is 32.2. The van der Waals surface area contributed by atoms with E-state index < -0.39 is 0 Å². The topological polar surface area (TPSA) is 49.9 Å². The van der Waals surface area contributed by atoms with E-state index in [1.165, 1.54) is 10.5 Å². The van der Waals surface area contributed by atoms with Gasteiger partial charge in [0.25, 0.3) is 11.1 Å². The first-order valence-corrected chi connectivity index (χ1v) is 10.6. The van der Waals surface area contributed by atoms with Gasteiger partial charge in [0.1, 0.15) is 5.75 Å². The van der Waals surface area contributed by atoms with Crippen molar-refractivity contribution in [2.75, 3.05) is 25.1 Å². The van der Waals surface area contributed by atoms with E-state index in [0.29, 0.717) is 10.7 Å². The Labute approximate surface area is 177 Å². The summed E-state index contributed by atoms with van der Waals surface area (Å²) >= 11 is 0.953. The van der Waals surface area contributed by atoms with Crippen molar-refractivity contribution in [2.45, 2.75) is 39.7 Å². The Hall–Kier alpha value is -2.47. The second kappa shape index (κ2) is 8.11. The lowest BCUT2D eigenvalue weighted by atomic mass is 9.87. The number of methoxy groups -OCH3 is 1. The molecule has 6 heteroatoms. The number of imide groups is 1. The molecule has 0 atom stereocenters. The lowest BCUT2D eigenvalue weighted by Gasteiger charge is -2.43. The van der Waals surface area contributed by atoms with E-state index in [9.17, 15) is 9.59 Å². The van der Waals surface area contributed by atoms with Gasteiger partial charge < -0.3 is 9.64 Å². The second-order valence-corrected chi connectivity index (χ2v) is 8.82. The fourth-order valence-electron chi connectivity index (χ4n) is 3.97. The van der Waals surface area contributed by atoms with Crippen LogP contribution in [0.2, 0.25) is 0 Å². The molecule has 0 aromatic heterocycles. The van der Waals surface area contributed by atoms with Crippen LogP contribution in [-0.4, -0.2) is 41.8 Å². The zero-order chi connectivity index (χ0) is 21.3. The largest absolute Gasteiger partial charge is 0.496 e. The van der Waals surface area contributed by atoms with E-state index in [4.69, 9.17) is 4.74 Å². The molecule has 0 aliphatic carbocycles. The van der Waals surface area contributed by atoms with Crippen LogP contribution in [-0.2, 0) is 4.79 Å². The quantitative estimate of drug-likeness (QED) is 0.467. The zero-order valence-corrected chi connectivity index (χ0v) is 18.6. The van der Waals surface area contributed by atoms with Gasteiger partial charge in [-0.1, -0.05) is 19.1 Å². The smallest absolute Gasteiger partial charge is 0.293 e. The van der Waals surface area contributed by atoms with Gasteiger partial charge in [-0.3, -0.25) is 14.5 Å². The summed E-state index contributed by atoms with van der Waals surface area (Å²) in [6.45, 7) is 13.5. The number of fused-ring (bicyclic) bond motifs is 1. The number of carbonyl (C=O) groups is 2. The van der Waals surface area contributed by atoms with Gasteiger partial charge in [0.2, 0.25) is 0 Å². The zero-order valence-electron chi connectivity index (χ0n) is 17.7. The highest BCUT2D eigenvalue weighted by Gasteiger charge is 2.35. The minimum absolute atomic E-state index is 0.0903. The Balaban J connectivity index is 2.09. The molecule has 3 rings (SSSR count). The summed E-state index contributed by atoms with van der Waals surface area (Å²) in [6, 6.07) is 4.10. The van der Waals surface area contributed by atoms with Gasteiger partial charge in [0, 0.05) is 36.0 Å². The van der Waals surface area contributed by atoms with Gasteiger partial charge in [0.05, 0.1) is 17.6 Å². The van der Waals surface area contributed by atoms with Crippen LogP contribution in [0.15, 0.2) is 35.8 Å². The van der Waals surface area contributed by atoms with Crippen LogP contribution in [0.3, 0.4) is 0 Å². The minimum atomic E-state index is -0.291. The molecule has 154 valence electrons. The maximum absolute atomic E-state index is 12.6. The third kappa shape index (κ3) is 3.86. The van der Waals surface area contributed by atoms with Crippen molar-refractivity contribution in [1.82, 2.24) is 4.90 Å². The van der Waals surface area contributed by atoms with Gasteiger partial charge in [-0.2, -0.15) is 0 Å². The van der Waals surface area contributed by atoms with Crippen molar-refractivity contribution < 1.29 is 14.3 Å². The molecule has 0 saturated carbocycles. The first-order valence-electron chi connectivity index (χ1n) is 9.79. The maximum atomic E-state index is 12.6. The maximum Gasteiger partial charge on any atom is 0.293 e. The van der Waals surface area contributed by atoms with Crippen LogP contribution in [0.4, 0.5) is 10.5 Å². The van der Waals surface area contributed by atoms with Gasteiger partial charge in [-0.15, -0.1) is 6.58 Å². The Kier molecular flexibility index (Phi) is 5.94. The SMILES string of the molecule is C=CCN1C(=O)S/C(=C/c2cc3c(cc2OC)N(CCC)C(C)(C)C=C3C)C1=O. The van der Waals surface area contributed by atoms with E-state index in [0.717, 1.165) is 41.5 Å². The molecule has 0 radical (unpaired) electrons. The first kappa shape index (κ1) is 21.2. The predicted octanol–water partition coefficient (Wildman–Crippen LogP) is 5.33. The van der Waals surface area contributed by atoms with Crippen LogP contribution < -0.4 is 9.64 Å². The predicted molar refractivity (Wildman–Crippen MR) is 121 cm³/mol. The number of carbonyl (C=O) groups excluding carboxylic acids is 2. The standard InChI is InChI=1S/C23H28N2O3S/c1-7-9-24-21(26)20(29-22(24)27)12-16-11-17-15(3)14-23(4,5)25(10-8-2)18(17)13-19(16)28-6/h7,11-14H,1,8-10H2,2-6H3/b20-12+. The molecular formula is C23H28N2O3S. The highest BCUT2D eigenvalue weighted by Crippen LogP contribution is 2.43. The number of nitrogens with zero attached hydrogens (tertiary/aromatic N) is 2. The molecule has 1 fully saturated rings. The normalized spacial score (nSPS) is 19.5. The lowest BCUT2D eigenvalue weighted by Crippen LogP contribution is -2.45. The third-order valence-electron chi connectivity index (χ3n) is 5.25. The number of amides is 2. The van der Waals surface area contributed by atoms with E-state index in [1.54, 1.807) is 19.3 Å². The Bertz CT molecular complexity index is 930. The van der Waals surface area contributed by atoms with Gasteiger partial charge in [-0.25, -0.2) is 0 Å². The van der Waals surface area contributed by atoms with Crippen molar-refractivity contribution in [1.29, 1.82) is 0 Å². The van der Waals surface area contributed by atoms with Crippen molar-refractivity contribution in [3.8, 4) is 5.75 Å². The lowest BCUT2D eigenvalue weighted by molar-refractivity contribution is -0.122. The molecule has 0 bridgehead atoms. The second-order valence-electron chi connectivity index (χ2n) is 7.82. The number of benzene rings is 1. The molecule has 0 unspecified atom stereocenters. The molecule has 1 aromatic rings. The van der Waals surface area contributed by atoms with Gasteiger partial charge in [-0.05, 0) is 56.7 Å². The average molecular weight is 413 g/mol. The molecule has 29 heavy (non-hydrogen) atoms. The molecule has 1 aromatic carbocycles. The molecule has 1 saturated heterocycles. The number of hydrogen-bond donors (Lipinski definition) is 0. The molecule has 0 spiro atoms. The minimum Gasteiger partial charge on any atom is -0.496 e. The Morgan fingerprint density at radius 2 is 2.00 bits per heavy atom. The molecule has 2 heterocycles. The highest BCUT2D eigenvalue weighted by molar-refractivity contribution is 8.18. The van der Waals surface area contributed by atoms with Gasteiger partial charge in [0.15, 0.2) is 0 Å². The van der Waals surface area contributed by atoms with Crippen molar-refractivity contribution >= 4 is 40.2 Å². The molecule has 0 N–H and O–H groups in total. The van der Waals surface area contributed by atoms with Crippen LogP contribution in [0.25, 0.3) is 11.6 Å². The molecule has 2 amide bonds. The summed E-state index contributed by atoms with van der Waals surface area (Å²) < 4.78 is 5.66. The molecular weight excluding hydrogens is 384 g/mol. The number of rotatable bonds is 6. The molecule has 2 aliphatic rings. The van der Waals surface area contributed by atoms with Crippen molar-refractivity contribution in [3.05, 3.63) is 46.9 Å². The van der Waals surface area contributed by atoms with E-state index in [-0.39, 0.29) is 23.2 Å². The fraction of sp³-hybridized carbons (Fsp3) is 0.391. The number of allylic oxidation sites excluding steroid dienone is 1.